The Morgan fingerprint density at radius 2 is 2.12 bits per heavy atom. The summed E-state index contributed by atoms with van der Waals surface area (Å²) in [5.41, 5.74) is 1.90. The predicted molar refractivity (Wildman–Crippen MR) is 92.0 cm³/mol. The number of ether oxygens (including phenoxy) is 1. The topological polar surface area (TPSA) is 59.8 Å². The number of thiophene rings is 1. The number of aryl methyl sites for hydroxylation is 1. The molecule has 3 rings (SSSR count). The fraction of sp³-hybridized carbons (Fsp3) is 0.222. The van der Waals surface area contributed by atoms with E-state index in [4.69, 9.17) is 9.15 Å². The molecule has 0 saturated heterocycles. The normalized spacial score (nSPS) is 10.8. The Morgan fingerprint density at radius 1 is 1.32 bits per heavy atom. The number of fused-ring (bicyclic) bond motifs is 1. The maximum Gasteiger partial charge on any atom is 0.375 e. The molecule has 2 aromatic heterocycles. The van der Waals surface area contributed by atoms with Gasteiger partial charge in [0.1, 0.15) is 11.4 Å². The van der Waals surface area contributed by atoms with Crippen molar-refractivity contribution in [1.29, 1.82) is 0 Å². The maximum atomic E-state index is 13.3. The standard InChI is InChI=1S/C18H16FNO4S/c1-11-14-7-13(19)3-4-15(14)24-17(11)18(22)23-9-16(21)20(2)8-12-5-6-25-10-12/h3-7,10H,8-9H2,1-2H3. The summed E-state index contributed by atoms with van der Waals surface area (Å²) < 4.78 is 23.8. The van der Waals surface area contributed by atoms with Crippen LogP contribution >= 0.6 is 11.3 Å². The summed E-state index contributed by atoms with van der Waals surface area (Å²) in [6.45, 7) is 1.71. The van der Waals surface area contributed by atoms with Gasteiger partial charge in [-0.2, -0.15) is 11.3 Å². The van der Waals surface area contributed by atoms with E-state index in [1.54, 1.807) is 25.3 Å². The van der Waals surface area contributed by atoms with E-state index in [2.05, 4.69) is 0 Å². The second-order valence-corrected chi connectivity index (χ2v) is 6.43. The Bertz CT molecular complexity index is 917. The molecule has 0 radical (unpaired) electrons. The van der Waals surface area contributed by atoms with Crippen molar-refractivity contribution in [3.63, 3.8) is 0 Å². The van der Waals surface area contributed by atoms with E-state index >= 15 is 0 Å². The van der Waals surface area contributed by atoms with Crippen molar-refractivity contribution < 1.29 is 23.1 Å². The molecule has 0 saturated carbocycles. The van der Waals surface area contributed by atoms with Crippen LogP contribution in [0.1, 0.15) is 21.7 Å². The number of nitrogens with zero attached hydrogens (tertiary/aromatic N) is 1. The van der Waals surface area contributed by atoms with Crippen molar-refractivity contribution in [3.05, 3.63) is 57.7 Å². The van der Waals surface area contributed by atoms with Gasteiger partial charge >= 0.3 is 5.97 Å². The Morgan fingerprint density at radius 3 is 2.84 bits per heavy atom. The zero-order valence-corrected chi connectivity index (χ0v) is 14.6. The van der Waals surface area contributed by atoms with E-state index in [9.17, 15) is 14.0 Å². The molecule has 2 heterocycles. The van der Waals surface area contributed by atoms with Gasteiger partial charge in [0, 0.05) is 24.5 Å². The Hall–Kier alpha value is -2.67. The van der Waals surface area contributed by atoms with E-state index in [0.29, 0.717) is 23.1 Å². The van der Waals surface area contributed by atoms with Gasteiger partial charge in [-0.25, -0.2) is 9.18 Å². The van der Waals surface area contributed by atoms with Crippen LogP contribution < -0.4 is 0 Å². The predicted octanol–water partition coefficient (Wildman–Crippen LogP) is 3.76. The molecule has 130 valence electrons. The molecule has 0 aliphatic heterocycles. The molecule has 0 aliphatic carbocycles. The first-order chi connectivity index (χ1) is 12.0. The highest BCUT2D eigenvalue weighted by Crippen LogP contribution is 2.26. The summed E-state index contributed by atoms with van der Waals surface area (Å²) in [4.78, 5) is 25.7. The second kappa shape index (κ2) is 7.06. The molecule has 25 heavy (non-hydrogen) atoms. The van der Waals surface area contributed by atoms with Crippen LogP contribution in [0.2, 0.25) is 0 Å². The highest BCUT2D eigenvalue weighted by atomic mass is 32.1. The van der Waals surface area contributed by atoms with Crippen LogP contribution in [-0.4, -0.2) is 30.4 Å². The highest BCUT2D eigenvalue weighted by molar-refractivity contribution is 7.07. The maximum absolute atomic E-state index is 13.3. The zero-order valence-electron chi connectivity index (χ0n) is 13.7. The molecule has 0 spiro atoms. The number of halogens is 1. The molecule has 5 nitrogen and oxygen atoms in total. The number of carbonyl (C=O) groups excluding carboxylic acids is 2. The number of benzene rings is 1. The number of rotatable bonds is 5. The average Bonchev–Trinajstić information content (AvgIpc) is 3.21. The van der Waals surface area contributed by atoms with E-state index < -0.39 is 11.8 Å². The lowest BCUT2D eigenvalue weighted by Crippen LogP contribution is -2.30. The zero-order chi connectivity index (χ0) is 18.0. The third kappa shape index (κ3) is 3.71. The fourth-order valence-electron chi connectivity index (χ4n) is 2.44. The Kier molecular flexibility index (Phi) is 4.85. The van der Waals surface area contributed by atoms with Crippen molar-refractivity contribution in [2.45, 2.75) is 13.5 Å². The van der Waals surface area contributed by atoms with Crippen LogP contribution in [0.3, 0.4) is 0 Å². The number of esters is 1. The molecule has 3 aromatic rings. The molecular weight excluding hydrogens is 345 g/mol. The monoisotopic (exact) mass is 361 g/mol. The first kappa shape index (κ1) is 17.2. The highest BCUT2D eigenvalue weighted by Gasteiger charge is 2.21. The van der Waals surface area contributed by atoms with Crippen LogP contribution in [0, 0.1) is 12.7 Å². The Labute approximate surface area is 147 Å². The van der Waals surface area contributed by atoms with Crippen LogP contribution in [0.25, 0.3) is 11.0 Å². The summed E-state index contributed by atoms with van der Waals surface area (Å²) in [6.07, 6.45) is 0. The quantitative estimate of drug-likeness (QED) is 0.649. The van der Waals surface area contributed by atoms with Gasteiger partial charge < -0.3 is 14.1 Å². The van der Waals surface area contributed by atoms with Gasteiger partial charge in [0.15, 0.2) is 6.61 Å². The molecule has 0 atom stereocenters. The third-order valence-corrected chi connectivity index (χ3v) is 4.57. The first-order valence-electron chi connectivity index (χ1n) is 7.56. The fourth-order valence-corrected chi connectivity index (χ4v) is 3.10. The van der Waals surface area contributed by atoms with Crippen molar-refractivity contribution in [1.82, 2.24) is 4.90 Å². The number of carbonyl (C=O) groups is 2. The average molecular weight is 361 g/mol. The van der Waals surface area contributed by atoms with Crippen molar-refractivity contribution in [3.8, 4) is 0 Å². The number of likely N-dealkylation sites (N-methyl/N-ethyl adjacent to an activating group) is 1. The molecule has 1 aromatic carbocycles. The Balaban J connectivity index is 1.64. The number of hydrogen-bond acceptors (Lipinski definition) is 5. The smallest absolute Gasteiger partial charge is 0.375 e. The summed E-state index contributed by atoms with van der Waals surface area (Å²) in [6, 6.07) is 5.93. The molecule has 0 aliphatic rings. The van der Waals surface area contributed by atoms with Gasteiger partial charge in [0.2, 0.25) is 5.76 Å². The van der Waals surface area contributed by atoms with E-state index in [0.717, 1.165) is 5.56 Å². The largest absolute Gasteiger partial charge is 0.450 e. The molecule has 0 unspecified atom stereocenters. The summed E-state index contributed by atoms with van der Waals surface area (Å²) in [7, 11) is 1.64. The summed E-state index contributed by atoms with van der Waals surface area (Å²) >= 11 is 1.55. The number of amides is 1. The number of hydrogen-bond donors (Lipinski definition) is 0. The van der Waals surface area contributed by atoms with Crippen LogP contribution in [0.4, 0.5) is 4.39 Å². The first-order valence-corrected chi connectivity index (χ1v) is 8.51. The van der Waals surface area contributed by atoms with Gasteiger partial charge in [-0.15, -0.1) is 0 Å². The minimum absolute atomic E-state index is 0.0195. The van der Waals surface area contributed by atoms with Crippen LogP contribution in [0.5, 0.6) is 0 Å². The lowest BCUT2D eigenvalue weighted by molar-refractivity contribution is -0.133. The van der Waals surface area contributed by atoms with Crippen molar-refractivity contribution in [2.75, 3.05) is 13.7 Å². The molecule has 0 fully saturated rings. The van der Waals surface area contributed by atoms with Gasteiger partial charge in [-0.1, -0.05) is 0 Å². The van der Waals surface area contributed by atoms with Gasteiger partial charge in [0.05, 0.1) is 0 Å². The molecule has 1 amide bonds. The molecule has 7 heteroatoms. The van der Waals surface area contributed by atoms with Gasteiger partial charge in [-0.3, -0.25) is 4.79 Å². The summed E-state index contributed by atoms with van der Waals surface area (Å²) in [5, 5.41) is 4.39. The van der Waals surface area contributed by atoms with Gasteiger partial charge in [-0.05, 0) is 47.5 Å². The van der Waals surface area contributed by atoms with Crippen LogP contribution in [-0.2, 0) is 16.1 Å². The minimum atomic E-state index is -0.744. The van der Waals surface area contributed by atoms with E-state index in [-0.39, 0.29) is 18.3 Å². The van der Waals surface area contributed by atoms with Crippen molar-refractivity contribution >= 4 is 34.2 Å². The summed E-state index contributed by atoms with van der Waals surface area (Å²) in [5.74, 6) is -1.50. The third-order valence-electron chi connectivity index (χ3n) is 3.84. The lowest BCUT2D eigenvalue weighted by atomic mass is 10.1. The van der Waals surface area contributed by atoms with E-state index in [1.807, 2.05) is 16.8 Å². The van der Waals surface area contributed by atoms with Crippen LogP contribution in [0.15, 0.2) is 39.4 Å². The lowest BCUT2D eigenvalue weighted by Gasteiger charge is -2.16. The van der Waals surface area contributed by atoms with Gasteiger partial charge in [0.25, 0.3) is 5.91 Å². The second-order valence-electron chi connectivity index (χ2n) is 5.65. The number of furan rings is 1. The minimum Gasteiger partial charge on any atom is -0.450 e. The molecular formula is C18H16FNO4S. The van der Waals surface area contributed by atoms with Crippen molar-refractivity contribution in [2.24, 2.45) is 0 Å². The van der Waals surface area contributed by atoms with E-state index in [1.165, 1.54) is 23.1 Å². The molecule has 0 bridgehead atoms. The molecule has 0 N–H and O–H groups in total. The SMILES string of the molecule is Cc1c(C(=O)OCC(=O)N(C)Cc2ccsc2)oc2ccc(F)cc12.